The van der Waals surface area contributed by atoms with Gasteiger partial charge in [0, 0.05) is 31.4 Å². The number of likely N-dealkylation sites (tertiary alicyclic amines) is 1. The minimum Gasteiger partial charge on any atom is -0.302 e. The van der Waals surface area contributed by atoms with Gasteiger partial charge in [-0.15, -0.1) is 0 Å². The molecule has 3 heteroatoms. The summed E-state index contributed by atoms with van der Waals surface area (Å²) in [6, 6.07) is 0. The van der Waals surface area contributed by atoms with E-state index in [4.69, 9.17) is 0 Å². The fraction of sp³-hybridized carbons (Fsp3) is 0.556. The Morgan fingerprint density at radius 2 is 2.08 bits per heavy atom. The van der Waals surface area contributed by atoms with Gasteiger partial charge in [-0.3, -0.25) is 0 Å². The zero-order valence-corrected chi connectivity index (χ0v) is 7.27. The van der Waals surface area contributed by atoms with Crippen LogP contribution in [0.4, 0.5) is 0 Å². The smallest absolute Gasteiger partial charge is 0.115 e. The van der Waals surface area contributed by atoms with Gasteiger partial charge in [-0.25, -0.2) is 9.97 Å². The number of hydrogen-bond donors (Lipinski definition) is 0. The lowest BCUT2D eigenvalue weighted by Gasteiger charge is -2.38. The quantitative estimate of drug-likeness (QED) is 0.648. The molecule has 2 rings (SSSR count). The van der Waals surface area contributed by atoms with E-state index in [1.165, 1.54) is 18.7 Å². The highest BCUT2D eigenvalue weighted by Gasteiger charge is 2.26. The van der Waals surface area contributed by atoms with E-state index in [1.54, 1.807) is 6.33 Å². The molecule has 0 atom stereocenters. The highest BCUT2D eigenvalue weighted by Crippen LogP contribution is 2.24. The van der Waals surface area contributed by atoms with Crippen LogP contribution in [0.25, 0.3) is 0 Å². The van der Waals surface area contributed by atoms with Crippen LogP contribution in [0.3, 0.4) is 0 Å². The molecular weight excluding hydrogens is 150 g/mol. The highest BCUT2D eigenvalue weighted by molar-refractivity contribution is 5.15. The van der Waals surface area contributed by atoms with Gasteiger partial charge in [0.1, 0.15) is 6.33 Å². The van der Waals surface area contributed by atoms with Gasteiger partial charge in [-0.05, 0) is 12.1 Å². The van der Waals surface area contributed by atoms with E-state index >= 15 is 0 Å². The lowest BCUT2D eigenvalue weighted by Crippen LogP contribution is -2.44. The molecule has 0 bridgehead atoms. The predicted octanol–water partition coefficient (Wildman–Crippen LogP) is 0.896. The molecule has 2 heterocycles. The SMILES string of the molecule is CCN1CC(c2cncnc2)C1. The van der Waals surface area contributed by atoms with E-state index in [1.807, 2.05) is 12.4 Å². The van der Waals surface area contributed by atoms with Crippen molar-refractivity contribution in [3.63, 3.8) is 0 Å². The first kappa shape index (κ1) is 7.68. The van der Waals surface area contributed by atoms with Crippen LogP contribution in [0.2, 0.25) is 0 Å². The Bertz CT molecular complexity index is 241. The molecule has 12 heavy (non-hydrogen) atoms. The average Bonchev–Trinajstić information content (AvgIpc) is 2.04. The Morgan fingerprint density at radius 1 is 1.42 bits per heavy atom. The lowest BCUT2D eigenvalue weighted by molar-refractivity contribution is 0.157. The van der Waals surface area contributed by atoms with Crippen LogP contribution in [-0.4, -0.2) is 34.5 Å². The van der Waals surface area contributed by atoms with Gasteiger partial charge in [0.2, 0.25) is 0 Å². The summed E-state index contributed by atoms with van der Waals surface area (Å²) in [5.41, 5.74) is 1.28. The summed E-state index contributed by atoms with van der Waals surface area (Å²) in [5.74, 6) is 0.672. The van der Waals surface area contributed by atoms with Crippen molar-refractivity contribution >= 4 is 0 Å². The van der Waals surface area contributed by atoms with Crippen molar-refractivity contribution in [3.8, 4) is 0 Å². The molecule has 64 valence electrons. The summed E-state index contributed by atoms with van der Waals surface area (Å²) in [6.07, 6.45) is 5.43. The minimum absolute atomic E-state index is 0.672. The van der Waals surface area contributed by atoms with Crippen molar-refractivity contribution in [2.45, 2.75) is 12.8 Å². The Hall–Kier alpha value is -0.960. The number of nitrogens with zero attached hydrogens (tertiary/aromatic N) is 3. The second-order valence-electron chi connectivity index (χ2n) is 3.22. The van der Waals surface area contributed by atoms with Gasteiger partial charge in [0.25, 0.3) is 0 Å². The van der Waals surface area contributed by atoms with Gasteiger partial charge in [0.15, 0.2) is 0 Å². The van der Waals surface area contributed by atoms with Crippen molar-refractivity contribution in [2.75, 3.05) is 19.6 Å². The Labute approximate surface area is 72.4 Å². The molecule has 1 aliphatic heterocycles. The van der Waals surface area contributed by atoms with Crippen molar-refractivity contribution < 1.29 is 0 Å². The van der Waals surface area contributed by atoms with E-state index in [9.17, 15) is 0 Å². The molecule has 0 aromatic carbocycles. The molecular formula is C9H13N3. The van der Waals surface area contributed by atoms with Crippen molar-refractivity contribution in [3.05, 3.63) is 24.3 Å². The van der Waals surface area contributed by atoms with Crippen LogP contribution < -0.4 is 0 Å². The number of rotatable bonds is 2. The molecule has 1 aromatic rings. The molecule has 1 aromatic heterocycles. The zero-order chi connectivity index (χ0) is 8.39. The van der Waals surface area contributed by atoms with Crippen molar-refractivity contribution in [1.29, 1.82) is 0 Å². The second kappa shape index (κ2) is 3.19. The van der Waals surface area contributed by atoms with E-state index in [2.05, 4.69) is 21.8 Å². The highest BCUT2D eigenvalue weighted by atomic mass is 15.2. The van der Waals surface area contributed by atoms with E-state index in [0.29, 0.717) is 5.92 Å². The van der Waals surface area contributed by atoms with Crippen molar-refractivity contribution in [1.82, 2.24) is 14.9 Å². The molecule has 1 fully saturated rings. The molecule has 1 aliphatic rings. The number of aromatic nitrogens is 2. The first-order chi connectivity index (χ1) is 5.90. The lowest BCUT2D eigenvalue weighted by atomic mass is 9.94. The summed E-state index contributed by atoms with van der Waals surface area (Å²) in [4.78, 5) is 10.4. The topological polar surface area (TPSA) is 29.0 Å². The molecule has 1 saturated heterocycles. The largest absolute Gasteiger partial charge is 0.302 e. The van der Waals surface area contributed by atoms with Crippen LogP contribution in [0, 0.1) is 0 Å². The normalized spacial score (nSPS) is 19.1. The van der Waals surface area contributed by atoms with Gasteiger partial charge < -0.3 is 4.90 Å². The van der Waals surface area contributed by atoms with Gasteiger partial charge in [-0.2, -0.15) is 0 Å². The molecule has 0 radical (unpaired) electrons. The average molecular weight is 163 g/mol. The number of hydrogen-bond acceptors (Lipinski definition) is 3. The third-order valence-electron chi connectivity index (χ3n) is 2.46. The molecule has 0 unspecified atom stereocenters. The van der Waals surface area contributed by atoms with Gasteiger partial charge in [0.05, 0.1) is 0 Å². The molecule has 0 N–H and O–H groups in total. The maximum absolute atomic E-state index is 4.01. The summed E-state index contributed by atoms with van der Waals surface area (Å²) in [5, 5.41) is 0. The molecule has 0 saturated carbocycles. The minimum atomic E-state index is 0.672. The fourth-order valence-electron chi connectivity index (χ4n) is 1.56. The van der Waals surface area contributed by atoms with E-state index in [-0.39, 0.29) is 0 Å². The first-order valence-corrected chi connectivity index (χ1v) is 4.37. The summed E-state index contributed by atoms with van der Waals surface area (Å²) in [7, 11) is 0. The van der Waals surface area contributed by atoms with Crippen LogP contribution in [-0.2, 0) is 0 Å². The van der Waals surface area contributed by atoms with Crippen LogP contribution in [0.15, 0.2) is 18.7 Å². The third-order valence-corrected chi connectivity index (χ3v) is 2.46. The maximum Gasteiger partial charge on any atom is 0.115 e. The van der Waals surface area contributed by atoms with E-state index < -0.39 is 0 Å². The first-order valence-electron chi connectivity index (χ1n) is 4.37. The fourth-order valence-corrected chi connectivity index (χ4v) is 1.56. The molecule has 0 spiro atoms. The Balaban J connectivity index is 1.97. The second-order valence-corrected chi connectivity index (χ2v) is 3.22. The number of likely N-dealkylation sites (N-methyl/N-ethyl adjacent to an activating group) is 1. The van der Waals surface area contributed by atoms with Crippen molar-refractivity contribution in [2.24, 2.45) is 0 Å². The van der Waals surface area contributed by atoms with Crippen LogP contribution in [0.5, 0.6) is 0 Å². The van der Waals surface area contributed by atoms with Crippen LogP contribution >= 0.6 is 0 Å². The Kier molecular flexibility index (Phi) is 2.04. The maximum atomic E-state index is 4.01. The summed E-state index contributed by atoms with van der Waals surface area (Å²) < 4.78 is 0. The predicted molar refractivity (Wildman–Crippen MR) is 46.9 cm³/mol. The summed E-state index contributed by atoms with van der Waals surface area (Å²) in [6.45, 7) is 5.69. The standard InChI is InChI=1S/C9H13N3/c1-2-12-5-9(6-12)8-3-10-7-11-4-8/h3-4,7,9H,2,5-6H2,1H3. The monoisotopic (exact) mass is 163 g/mol. The van der Waals surface area contributed by atoms with Gasteiger partial charge >= 0.3 is 0 Å². The van der Waals surface area contributed by atoms with Gasteiger partial charge in [-0.1, -0.05) is 6.92 Å². The summed E-state index contributed by atoms with van der Waals surface area (Å²) >= 11 is 0. The zero-order valence-electron chi connectivity index (χ0n) is 7.27. The Morgan fingerprint density at radius 3 is 2.67 bits per heavy atom. The molecule has 0 amide bonds. The molecule has 0 aliphatic carbocycles. The van der Waals surface area contributed by atoms with E-state index in [0.717, 1.165) is 6.54 Å². The third kappa shape index (κ3) is 1.32. The van der Waals surface area contributed by atoms with Crippen LogP contribution in [0.1, 0.15) is 18.4 Å². The molecule has 3 nitrogen and oxygen atoms in total.